The fourth-order valence-corrected chi connectivity index (χ4v) is 4.70. The Balaban J connectivity index is 1.79. The van der Waals surface area contributed by atoms with Gasteiger partial charge in [0.05, 0.1) is 12.9 Å². The molecule has 134 valence electrons. The van der Waals surface area contributed by atoms with Crippen molar-refractivity contribution in [2.75, 3.05) is 39.0 Å². The van der Waals surface area contributed by atoms with Crippen LogP contribution in [-0.2, 0) is 17.1 Å². The number of sulfonamides is 1. The van der Waals surface area contributed by atoms with Gasteiger partial charge in [0.25, 0.3) is 5.91 Å². The third-order valence-electron chi connectivity index (χ3n) is 5.51. The number of fused-ring (bicyclic) bond motifs is 1. The van der Waals surface area contributed by atoms with Crippen LogP contribution in [0, 0.1) is 18.3 Å². The lowest BCUT2D eigenvalue weighted by Gasteiger charge is -2.42. The predicted octanol–water partition coefficient (Wildman–Crippen LogP) is -0.555. The first-order chi connectivity index (χ1) is 11.2. The summed E-state index contributed by atoms with van der Waals surface area (Å²) < 4.78 is 26.8. The summed E-state index contributed by atoms with van der Waals surface area (Å²) >= 11 is 0. The van der Waals surface area contributed by atoms with E-state index in [-0.39, 0.29) is 18.4 Å². The van der Waals surface area contributed by atoms with Gasteiger partial charge in [-0.15, -0.1) is 0 Å². The Morgan fingerprint density at radius 2 is 2.17 bits per heavy atom. The lowest BCUT2D eigenvalue weighted by molar-refractivity contribution is 0.0182. The first kappa shape index (κ1) is 17.4. The highest BCUT2D eigenvalue weighted by Gasteiger charge is 2.51. The molecule has 24 heavy (non-hydrogen) atoms. The highest BCUT2D eigenvalue weighted by atomic mass is 32.2. The molecule has 9 heteroatoms. The maximum atomic E-state index is 12.7. The summed E-state index contributed by atoms with van der Waals surface area (Å²) in [5, 5.41) is 14.1. The largest absolute Gasteiger partial charge is 0.396 e. The standard InChI is InChI=1S/C15H24N4O4S/c1-11-6-13(16-17(11)2)14(21)18-5-4-15(10-20)9-19(24(3,22)23)8-12(15)7-18/h6,12,20H,4-5,7-10H2,1-3H3. The van der Waals surface area contributed by atoms with Crippen molar-refractivity contribution in [2.45, 2.75) is 13.3 Å². The molecule has 1 N–H and O–H groups in total. The molecule has 2 atom stereocenters. The average Bonchev–Trinajstić information content (AvgIpc) is 3.07. The average molecular weight is 356 g/mol. The number of hydrogen-bond acceptors (Lipinski definition) is 5. The van der Waals surface area contributed by atoms with Crippen LogP contribution in [0.15, 0.2) is 6.07 Å². The summed E-state index contributed by atoms with van der Waals surface area (Å²) in [7, 11) is -1.51. The van der Waals surface area contributed by atoms with Crippen LogP contribution in [0.2, 0.25) is 0 Å². The van der Waals surface area contributed by atoms with Crippen LogP contribution in [-0.4, -0.2) is 77.5 Å². The number of carbonyl (C=O) groups is 1. The number of hydrogen-bond donors (Lipinski definition) is 1. The van der Waals surface area contributed by atoms with E-state index in [1.54, 1.807) is 22.7 Å². The fourth-order valence-electron chi connectivity index (χ4n) is 3.76. The van der Waals surface area contributed by atoms with Gasteiger partial charge in [0.15, 0.2) is 5.69 Å². The number of rotatable bonds is 3. The van der Waals surface area contributed by atoms with Gasteiger partial charge in [-0.3, -0.25) is 9.48 Å². The number of aliphatic hydroxyl groups is 1. The van der Waals surface area contributed by atoms with Gasteiger partial charge in [-0.1, -0.05) is 0 Å². The molecule has 2 unspecified atom stereocenters. The van der Waals surface area contributed by atoms with E-state index in [2.05, 4.69) is 5.10 Å². The van der Waals surface area contributed by atoms with Crippen LogP contribution in [0.1, 0.15) is 22.6 Å². The minimum absolute atomic E-state index is 0.0558. The van der Waals surface area contributed by atoms with E-state index >= 15 is 0 Å². The number of aryl methyl sites for hydroxylation is 2. The number of carbonyl (C=O) groups excluding carboxylic acids is 1. The van der Waals surface area contributed by atoms with Crippen molar-refractivity contribution in [1.29, 1.82) is 0 Å². The second-order valence-corrected chi connectivity index (χ2v) is 9.05. The molecule has 1 amide bonds. The number of likely N-dealkylation sites (tertiary alicyclic amines) is 1. The Bertz CT molecular complexity index is 740. The molecule has 2 saturated heterocycles. The van der Waals surface area contributed by atoms with E-state index in [1.807, 2.05) is 6.92 Å². The molecule has 1 aromatic rings. The maximum Gasteiger partial charge on any atom is 0.274 e. The van der Waals surface area contributed by atoms with Crippen LogP contribution >= 0.6 is 0 Å². The number of nitrogens with zero attached hydrogens (tertiary/aromatic N) is 4. The van der Waals surface area contributed by atoms with Crippen molar-refractivity contribution in [3.63, 3.8) is 0 Å². The smallest absolute Gasteiger partial charge is 0.274 e. The molecule has 3 heterocycles. The van der Waals surface area contributed by atoms with Gasteiger partial charge < -0.3 is 10.0 Å². The van der Waals surface area contributed by atoms with E-state index in [9.17, 15) is 18.3 Å². The van der Waals surface area contributed by atoms with Gasteiger partial charge in [-0.2, -0.15) is 5.10 Å². The molecule has 8 nitrogen and oxygen atoms in total. The highest BCUT2D eigenvalue weighted by molar-refractivity contribution is 7.88. The Morgan fingerprint density at radius 1 is 1.46 bits per heavy atom. The van der Waals surface area contributed by atoms with Crippen molar-refractivity contribution in [3.8, 4) is 0 Å². The van der Waals surface area contributed by atoms with Gasteiger partial charge in [0, 0.05) is 44.3 Å². The topological polar surface area (TPSA) is 95.7 Å². The van der Waals surface area contributed by atoms with Crippen molar-refractivity contribution in [2.24, 2.45) is 18.4 Å². The zero-order valence-corrected chi connectivity index (χ0v) is 15.1. The molecule has 0 bridgehead atoms. The Morgan fingerprint density at radius 3 is 2.71 bits per heavy atom. The Kier molecular flexibility index (Phi) is 4.21. The third kappa shape index (κ3) is 2.84. The normalized spacial score (nSPS) is 28.2. The minimum atomic E-state index is -3.30. The van der Waals surface area contributed by atoms with Crippen molar-refractivity contribution < 1.29 is 18.3 Å². The van der Waals surface area contributed by atoms with Crippen LogP contribution in [0.5, 0.6) is 0 Å². The zero-order chi connectivity index (χ0) is 17.7. The molecule has 1 aromatic heterocycles. The zero-order valence-electron chi connectivity index (χ0n) is 14.3. The summed E-state index contributed by atoms with van der Waals surface area (Å²) in [4.78, 5) is 14.4. The minimum Gasteiger partial charge on any atom is -0.396 e. The summed E-state index contributed by atoms with van der Waals surface area (Å²) in [6, 6.07) is 1.76. The van der Waals surface area contributed by atoms with Gasteiger partial charge in [-0.25, -0.2) is 12.7 Å². The first-order valence-electron chi connectivity index (χ1n) is 8.02. The maximum absolute atomic E-state index is 12.7. The monoisotopic (exact) mass is 356 g/mol. The van der Waals surface area contributed by atoms with E-state index in [1.165, 1.54) is 10.6 Å². The molecular weight excluding hydrogens is 332 g/mol. The molecule has 2 fully saturated rings. The van der Waals surface area contributed by atoms with Crippen molar-refractivity contribution in [3.05, 3.63) is 17.5 Å². The van der Waals surface area contributed by atoms with E-state index < -0.39 is 15.4 Å². The molecule has 3 rings (SSSR count). The number of amides is 1. The van der Waals surface area contributed by atoms with Crippen molar-refractivity contribution >= 4 is 15.9 Å². The van der Waals surface area contributed by atoms with Crippen LogP contribution in [0.25, 0.3) is 0 Å². The van der Waals surface area contributed by atoms with E-state index in [4.69, 9.17) is 0 Å². The van der Waals surface area contributed by atoms with Crippen LogP contribution in [0.3, 0.4) is 0 Å². The molecule has 0 spiro atoms. The first-order valence-corrected chi connectivity index (χ1v) is 9.87. The molecular formula is C15H24N4O4S. The second-order valence-electron chi connectivity index (χ2n) is 7.07. The quantitative estimate of drug-likeness (QED) is 0.784. The Hall–Kier alpha value is -1.45. The highest BCUT2D eigenvalue weighted by Crippen LogP contribution is 2.43. The molecule has 0 aliphatic carbocycles. The SMILES string of the molecule is Cc1cc(C(=O)N2CCC3(CO)CN(S(C)(=O)=O)CC3C2)nn1C. The molecule has 0 aromatic carbocycles. The summed E-state index contributed by atoms with van der Waals surface area (Å²) in [6.07, 6.45) is 1.78. The summed E-state index contributed by atoms with van der Waals surface area (Å²) in [5.74, 6) is -0.192. The predicted molar refractivity (Wildman–Crippen MR) is 87.9 cm³/mol. The lowest BCUT2D eigenvalue weighted by atomic mass is 9.73. The summed E-state index contributed by atoms with van der Waals surface area (Å²) in [5.41, 5.74) is 0.869. The van der Waals surface area contributed by atoms with Crippen LogP contribution in [0.4, 0.5) is 0 Å². The Labute approximate surface area is 142 Å². The van der Waals surface area contributed by atoms with E-state index in [0.29, 0.717) is 38.3 Å². The van der Waals surface area contributed by atoms with Crippen LogP contribution < -0.4 is 0 Å². The number of aromatic nitrogens is 2. The summed E-state index contributed by atoms with van der Waals surface area (Å²) in [6.45, 7) is 3.46. The third-order valence-corrected chi connectivity index (χ3v) is 6.72. The second kappa shape index (κ2) is 5.82. The van der Waals surface area contributed by atoms with Gasteiger partial charge in [0.2, 0.25) is 10.0 Å². The van der Waals surface area contributed by atoms with Crippen molar-refractivity contribution in [1.82, 2.24) is 19.0 Å². The van der Waals surface area contributed by atoms with Gasteiger partial charge in [0.1, 0.15) is 0 Å². The van der Waals surface area contributed by atoms with Gasteiger partial charge >= 0.3 is 0 Å². The molecule has 0 saturated carbocycles. The lowest BCUT2D eigenvalue weighted by Crippen LogP contribution is -2.50. The number of aliphatic hydroxyl groups excluding tert-OH is 1. The number of piperidine rings is 1. The molecule has 2 aliphatic rings. The molecule has 2 aliphatic heterocycles. The van der Waals surface area contributed by atoms with Gasteiger partial charge in [-0.05, 0) is 25.3 Å². The van der Waals surface area contributed by atoms with E-state index in [0.717, 1.165) is 5.69 Å². The molecule has 0 radical (unpaired) electrons. The fraction of sp³-hybridized carbons (Fsp3) is 0.733.